The van der Waals surface area contributed by atoms with Crippen molar-refractivity contribution < 1.29 is 20.1 Å². The second-order valence-corrected chi connectivity index (χ2v) is 9.52. The number of carbonyl (C=O) groups excluding carboxylic acids is 1. The number of halogens is 1. The molecule has 1 aliphatic heterocycles. The molecule has 3 aliphatic carbocycles. The molecule has 6 nitrogen and oxygen atoms in total. The van der Waals surface area contributed by atoms with Crippen molar-refractivity contribution in [2.24, 2.45) is 11.7 Å². The van der Waals surface area contributed by atoms with E-state index in [1.807, 2.05) is 6.07 Å². The summed E-state index contributed by atoms with van der Waals surface area (Å²) >= 11 is 0. The van der Waals surface area contributed by atoms with Crippen LogP contribution in [0.4, 0.5) is 0 Å². The van der Waals surface area contributed by atoms with Crippen LogP contribution in [0, 0.1) is 5.92 Å². The van der Waals surface area contributed by atoms with Crippen molar-refractivity contribution in [3.05, 3.63) is 28.8 Å². The standard InChI is InChI=1S/C22H30N2O4.ClH/c23-20(27)16-5-4-14-10-17-22(28)7-6-15(25)11-21(22,18(14)19(16)26)8-9-24(17)12-13-2-1-3-13;/h4-5,13,15,17,25-26,28H,1-3,6-12H2,(H2,23,27);1H/t15-,17+,21+,22+;/m0./s1. The van der Waals surface area contributed by atoms with Crippen LogP contribution in [0.15, 0.2) is 12.1 Å². The summed E-state index contributed by atoms with van der Waals surface area (Å²) in [4.78, 5) is 14.3. The minimum Gasteiger partial charge on any atom is -0.507 e. The van der Waals surface area contributed by atoms with Gasteiger partial charge < -0.3 is 21.1 Å². The number of hydrogen-bond donors (Lipinski definition) is 4. The van der Waals surface area contributed by atoms with Gasteiger partial charge in [-0.1, -0.05) is 12.5 Å². The second-order valence-electron chi connectivity index (χ2n) is 9.52. The SMILES string of the molecule is Cl.NC(=O)c1ccc2c(c1O)[C@]13CCN(CC4CCC4)[C@H](C2)[C@]1(O)CC[C@H](O)C3. The van der Waals surface area contributed by atoms with Crippen molar-refractivity contribution in [3.63, 3.8) is 0 Å². The highest BCUT2D eigenvalue weighted by Gasteiger charge is 2.65. The Morgan fingerprint density at radius 3 is 2.66 bits per heavy atom. The van der Waals surface area contributed by atoms with Gasteiger partial charge in [0.25, 0.3) is 5.91 Å². The van der Waals surface area contributed by atoms with Gasteiger partial charge in [0.05, 0.1) is 17.3 Å². The van der Waals surface area contributed by atoms with Crippen molar-refractivity contribution in [2.75, 3.05) is 13.1 Å². The third-order valence-electron chi connectivity index (χ3n) is 8.23. The molecule has 29 heavy (non-hydrogen) atoms. The normalized spacial score (nSPS) is 36.3. The van der Waals surface area contributed by atoms with Gasteiger partial charge in [0, 0.05) is 23.6 Å². The number of hydrogen-bond acceptors (Lipinski definition) is 5. The summed E-state index contributed by atoms with van der Waals surface area (Å²) in [6.45, 7) is 1.86. The van der Waals surface area contributed by atoms with E-state index < -0.39 is 23.0 Å². The molecule has 1 heterocycles. The molecule has 0 aromatic heterocycles. The molecule has 1 saturated heterocycles. The molecule has 0 radical (unpaired) electrons. The summed E-state index contributed by atoms with van der Waals surface area (Å²) in [6.07, 6.45) is 6.15. The fraction of sp³-hybridized carbons (Fsp3) is 0.682. The van der Waals surface area contributed by atoms with Crippen LogP contribution >= 0.6 is 12.4 Å². The first-order chi connectivity index (χ1) is 13.4. The van der Waals surface area contributed by atoms with E-state index in [1.54, 1.807) is 6.07 Å². The first-order valence-corrected chi connectivity index (χ1v) is 10.7. The predicted molar refractivity (Wildman–Crippen MR) is 111 cm³/mol. The number of likely N-dealkylation sites (tertiary alicyclic amines) is 1. The maximum absolute atomic E-state index is 12.1. The number of carbonyl (C=O) groups is 1. The molecule has 3 fully saturated rings. The van der Waals surface area contributed by atoms with Crippen LogP contribution in [0.1, 0.15) is 66.4 Å². The number of fused-ring (bicyclic) bond motifs is 1. The summed E-state index contributed by atoms with van der Waals surface area (Å²) in [6, 6.07) is 3.47. The second kappa shape index (κ2) is 7.12. The van der Waals surface area contributed by atoms with Crippen molar-refractivity contribution in [3.8, 4) is 5.75 Å². The number of primary amides is 1. The lowest BCUT2D eigenvalue weighted by atomic mass is 9.48. The van der Waals surface area contributed by atoms with Crippen LogP contribution in [-0.2, 0) is 11.8 Å². The van der Waals surface area contributed by atoms with Gasteiger partial charge in [0.1, 0.15) is 5.75 Å². The summed E-state index contributed by atoms with van der Waals surface area (Å²) < 4.78 is 0. The Morgan fingerprint density at radius 1 is 1.24 bits per heavy atom. The minimum atomic E-state index is -1.00. The van der Waals surface area contributed by atoms with Crippen LogP contribution in [0.2, 0.25) is 0 Å². The van der Waals surface area contributed by atoms with Crippen molar-refractivity contribution in [1.29, 1.82) is 0 Å². The molecule has 2 saturated carbocycles. The van der Waals surface area contributed by atoms with E-state index in [0.717, 1.165) is 24.6 Å². The average molecular weight is 423 g/mol. The molecule has 0 unspecified atom stereocenters. The Bertz CT molecular complexity index is 829. The monoisotopic (exact) mass is 422 g/mol. The topological polar surface area (TPSA) is 107 Å². The van der Waals surface area contributed by atoms with E-state index in [4.69, 9.17) is 5.73 Å². The van der Waals surface area contributed by atoms with Gasteiger partial charge in [0.15, 0.2) is 0 Å². The van der Waals surface area contributed by atoms with E-state index in [-0.39, 0.29) is 29.8 Å². The van der Waals surface area contributed by atoms with E-state index in [9.17, 15) is 20.1 Å². The number of nitrogens with zero attached hydrogens (tertiary/aromatic N) is 1. The van der Waals surface area contributed by atoms with E-state index in [2.05, 4.69) is 4.90 Å². The summed E-state index contributed by atoms with van der Waals surface area (Å²) in [7, 11) is 0. The zero-order valence-electron chi connectivity index (χ0n) is 16.6. The third kappa shape index (κ3) is 2.83. The molecule has 4 atom stereocenters. The summed E-state index contributed by atoms with van der Waals surface area (Å²) in [5, 5.41) is 33.6. The molecular weight excluding hydrogens is 392 g/mol. The van der Waals surface area contributed by atoms with E-state index >= 15 is 0 Å². The Labute approximate surface area is 177 Å². The highest BCUT2D eigenvalue weighted by atomic mass is 35.5. The van der Waals surface area contributed by atoms with Crippen LogP contribution in [0.3, 0.4) is 0 Å². The first kappa shape index (κ1) is 20.9. The Balaban J connectivity index is 0.00000205. The number of aliphatic hydroxyl groups is 2. The molecule has 5 N–H and O–H groups in total. The molecule has 0 spiro atoms. The largest absolute Gasteiger partial charge is 0.507 e. The summed E-state index contributed by atoms with van der Waals surface area (Å²) in [5.41, 5.74) is 5.49. The van der Waals surface area contributed by atoms with Crippen molar-refractivity contribution >= 4 is 18.3 Å². The fourth-order valence-electron chi connectivity index (χ4n) is 6.61. The third-order valence-corrected chi connectivity index (χ3v) is 8.23. The lowest BCUT2D eigenvalue weighted by Gasteiger charge is -2.64. The summed E-state index contributed by atoms with van der Waals surface area (Å²) in [5.74, 6) is -0.0399. The average Bonchev–Trinajstić information content (AvgIpc) is 2.59. The quantitative estimate of drug-likeness (QED) is 0.594. The number of nitrogens with two attached hydrogens (primary N) is 1. The Kier molecular flexibility index (Phi) is 5.13. The van der Waals surface area contributed by atoms with Crippen LogP contribution in [0.25, 0.3) is 0 Å². The molecule has 7 heteroatoms. The maximum Gasteiger partial charge on any atom is 0.252 e. The highest BCUT2D eigenvalue weighted by Crippen LogP contribution is 2.60. The Hall–Kier alpha value is -1.34. The molecule has 5 rings (SSSR count). The van der Waals surface area contributed by atoms with E-state index in [1.165, 1.54) is 19.3 Å². The van der Waals surface area contributed by atoms with Gasteiger partial charge in [-0.3, -0.25) is 9.69 Å². The predicted octanol–water partition coefficient (Wildman–Crippen LogP) is 1.86. The minimum absolute atomic E-state index is 0. The fourth-order valence-corrected chi connectivity index (χ4v) is 6.61. The van der Waals surface area contributed by atoms with Crippen LogP contribution < -0.4 is 5.73 Å². The Morgan fingerprint density at radius 2 is 2.00 bits per heavy atom. The number of benzene rings is 1. The van der Waals surface area contributed by atoms with Gasteiger partial charge in [-0.2, -0.15) is 0 Å². The zero-order valence-corrected chi connectivity index (χ0v) is 17.5. The van der Waals surface area contributed by atoms with Gasteiger partial charge in [0.2, 0.25) is 0 Å². The number of aliphatic hydroxyl groups excluding tert-OH is 1. The van der Waals surface area contributed by atoms with Gasteiger partial charge in [-0.15, -0.1) is 12.4 Å². The number of rotatable bonds is 3. The highest BCUT2D eigenvalue weighted by molar-refractivity contribution is 5.96. The van der Waals surface area contributed by atoms with Crippen LogP contribution in [0.5, 0.6) is 5.75 Å². The van der Waals surface area contributed by atoms with Crippen molar-refractivity contribution in [2.45, 2.75) is 74.5 Å². The molecule has 2 bridgehead atoms. The number of piperidine rings is 1. The molecule has 1 aromatic rings. The number of amides is 1. The lowest BCUT2D eigenvalue weighted by molar-refractivity contribution is -0.185. The van der Waals surface area contributed by atoms with Gasteiger partial charge in [-0.25, -0.2) is 0 Å². The molecule has 1 amide bonds. The smallest absolute Gasteiger partial charge is 0.252 e. The van der Waals surface area contributed by atoms with E-state index in [0.29, 0.717) is 37.7 Å². The molecule has 4 aliphatic rings. The first-order valence-electron chi connectivity index (χ1n) is 10.7. The van der Waals surface area contributed by atoms with Gasteiger partial charge >= 0.3 is 0 Å². The zero-order chi connectivity index (χ0) is 19.7. The molecule has 1 aromatic carbocycles. The van der Waals surface area contributed by atoms with Crippen LogP contribution in [-0.4, -0.2) is 57.0 Å². The molecule has 160 valence electrons. The van der Waals surface area contributed by atoms with Gasteiger partial charge in [-0.05, 0) is 69.0 Å². The number of aromatic hydroxyl groups is 1. The lowest BCUT2D eigenvalue weighted by Crippen LogP contribution is -2.73. The molecular formula is C22H31ClN2O4. The maximum atomic E-state index is 12.1. The number of phenols is 1. The van der Waals surface area contributed by atoms with Crippen molar-refractivity contribution in [1.82, 2.24) is 4.90 Å².